The van der Waals surface area contributed by atoms with E-state index in [1.54, 1.807) is 18.2 Å². The first-order valence-electron chi connectivity index (χ1n) is 7.87. The summed E-state index contributed by atoms with van der Waals surface area (Å²) >= 11 is 0. The first-order valence-corrected chi connectivity index (χ1v) is 7.87. The molecule has 0 aromatic heterocycles. The minimum atomic E-state index is -0.965. The van der Waals surface area contributed by atoms with Crippen molar-refractivity contribution in [3.8, 4) is 11.8 Å². The Hall–Kier alpha value is -2.80. The molecule has 0 bridgehead atoms. The van der Waals surface area contributed by atoms with E-state index in [-0.39, 0.29) is 5.56 Å². The van der Waals surface area contributed by atoms with Crippen molar-refractivity contribution < 1.29 is 17.6 Å². The van der Waals surface area contributed by atoms with Crippen molar-refractivity contribution in [3.63, 3.8) is 0 Å². The third-order valence-corrected chi connectivity index (χ3v) is 3.90. The SMILES string of the molecule is CCCc1ccc(C#Cc2ccc3cc(F)c(F)cc3c2)c(F)c1F. The summed E-state index contributed by atoms with van der Waals surface area (Å²) in [5.41, 5.74) is 0.785. The second kappa shape index (κ2) is 6.98. The van der Waals surface area contributed by atoms with E-state index in [9.17, 15) is 17.6 Å². The first-order chi connectivity index (χ1) is 12.0. The molecule has 0 nitrogen and oxygen atoms in total. The van der Waals surface area contributed by atoms with Crippen LogP contribution in [-0.2, 0) is 6.42 Å². The lowest BCUT2D eigenvalue weighted by Crippen LogP contribution is -1.97. The fraction of sp³-hybridized carbons (Fsp3) is 0.143. The zero-order valence-electron chi connectivity index (χ0n) is 13.5. The van der Waals surface area contributed by atoms with Gasteiger partial charge in [-0.05, 0) is 53.1 Å². The van der Waals surface area contributed by atoms with E-state index < -0.39 is 23.3 Å². The van der Waals surface area contributed by atoms with Crippen LogP contribution in [0.2, 0.25) is 0 Å². The van der Waals surface area contributed by atoms with E-state index in [2.05, 4.69) is 11.8 Å². The minimum absolute atomic E-state index is 0.0391. The number of hydrogen-bond acceptors (Lipinski definition) is 0. The highest BCUT2D eigenvalue weighted by atomic mass is 19.2. The van der Waals surface area contributed by atoms with Crippen LogP contribution in [0, 0.1) is 35.1 Å². The summed E-state index contributed by atoms with van der Waals surface area (Å²) in [7, 11) is 0. The average Bonchev–Trinajstić information content (AvgIpc) is 2.59. The van der Waals surface area contributed by atoms with Crippen LogP contribution in [0.1, 0.15) is 30.0 Å². The predicted octanol–water partition coefficient (Wildman–Crippen LogP) is 5.75. The molecule has 0 saturated carbocycles. The number of fused-ring (bicyclic) bond motifs is 1. The molecule has 0 heterocycles. The topological polar surface area (TPSA) is 0 Å². The molecule has 3 rings (SSSR count). The van der Waals surface area contributed by atoms with Crippen LogP contribution in [0.3, 0.4) is 0 Å². The van der Waals surface area contributed by atoms with Gasteiger partial charge in [-0.2, -0.15) is 0 Å². The quantitative estimate of drug-likeness (QED) is 0.411. The highest BCUT2D eigenvalue weighted by Gasteiger charge is 2.11. The van der Waals surface area contributed by atoms with Gasteiger partial charge in [0, 0.05) is 5.56 Å². The molecule has 0 atom stereocenters. The Bertz CT molecular complexity index is 1010. The van der Waals surface area contributed by atoms with E-state index in [0.29, 0.717) is 28.3 Å². The molecule has 126 valence electrons. The van der Waals surface area contributed by atoms with Gasteiger partial charge in [-0.3, -0.25) is 0 Å². The standard InChI is InChI=1S/C21H14F4/c1-2-3-14-8-9-15(21(25)20(14)24)6-4-13-5-7-16-11-18(22)19(23)12-17(16)10-13/h5,7-12H,2-3H2,1H3. The molecule has 0 aliphatic rings. The predicted molar refractivity (Wildman–Crippen MR) is 90.2 cm³/mol. The number of halogens is 4. The molecule has 0 fully saturated rings. The zero-order valence-corrected chi connectivity index (χ0v) is 13.5. The van der Waals surface area contributed by atoms with Crippen molar-refractivity contribution in [2.75, 3.05) is 0 Å². The molecule has 3 aromatic carbocycles. The summed E-state index contributed by atoms with van der Waals surface area (Å²) in [6.07, 6.45) is 1.18. The smallest absolute Gasteiger partial charge is 0.174 e. The molecule has 25 heavy (non-hydrogen) atoms. The van der Waals surface area contributed by atoms with Crippen LogP contribution in [0.4, 0.5) is 17.6 Å². The Morgan fingerprint density at radius 1 is 0.760 bits per heavy atom. The number of rotatable bonds is 2. The molecule has 3 aromatic rings. The molecule has 0 aliphatic carbocycles. The van der Waals surface area contributed by atoms with Crippen LogP contribution in [0.25, 0.3) is 10.8 Å². The van der Waals surface area contributed by atoms with Crippen LogP contribution in [-0.4, -0.2) is 0 Å². The van der Waals surface area contributed by atoms with Crippen molar-refractivity contribution in [1.29, 1.82) is 0 Å². The molecule has 0 amide bonds. The number of benzene rings is 3. The second-order valence-electron chi connectivity index (χ2n) is 5.73. The highest BCUT2D eigenvalue weighted by Crippen LogP contribution is 2.20. The summed E-state index contributed by atoms with van der Waals surface area (Å²) in [6, 6.07) is 9.95. The van der Waals surface area contributed by atoms with Crippen LogP contribution < -0.4 is 0 Å². The van der Waals surface area contributed by atoms with E-state index in [4.69, 9.17) is 0 Å². The van der Waals surface area contributed by atoms with Crippen LogP contribution in [0.15, 0.2) is 42.5 Å². The van der Waals surface area contributed by atoms with Gasteiger partial charge < -0.3 is 0 Å². The van der Waals surface area contributed by atoms with Gasteiger partial charge >= 0.3 is 0 Å². The van der Waals surface area contributed by atoms with E-state index in [1.165, 1.54) is 12.1 Å². The summed E-state index contributed by atoms with van der Waals surface area (Å²) in [6.45, 7) is 1.89. The molecule has 0 saturated heterocycles. The molecule has 0 radical (unpaired) electrons. The van der Waals surface area contributed by atoms with Gasteiger partial charge in [0.05, 0.1) is 5.56 Å². The van der Waals surface area contributed by atoms with Crippen molar-refractivity contribution in [3.05, 3.63) is 82.4 Å². The average molecular weight is 342 g/mol. The molecule has 0 aliphatic heterocycles. The summed E-state index contributed by atoms with van der Waals surface area (Å²) in [5, 5.41) is 1.02. The minimum Gasteiger partial charge on any atom is -0.204 e. The maximum atomic E-state index is 14.1. The van der Waals surface area contributed by atoms with Gasteiger partial charge in [-0.25, -0.2) is 17.6 Å². The monoisotopic (exact) mass is 342 g/mol. The number of hydrogen-bond donors (Lipinski definition) is 0. The maximum absolute atomic E-state index is 14.1. The Balaban J connectivity index is 1.97. The van der Waals surface area contributed by atoms with E-state index in [1.807, 2.05) is 6.92 Å². The number of aryl methyl sites for hydroxylation is 1. The third-order valence-electron chi connectivity index (χ3n) is 3.90. The maximum Gasteiger partial charge on any atom is 0.174 e. The molecular formula is C21H14F4. The van der Waals surface area contributed by atoms with Crippen LogP contribution in [0.5, 0.6) is 0 Å². The molecule has 4 heteroatoms. The first kappa shape index (κ1) is 17.0. The van der Waals surface area contributed by atoms with Gasteiger partial charge in [-0.1, -0.05) is 37.3 Å². The molecule has 0 unspecified atom stereocenters. The normalized spacial score (nSPS) is 10.6. The molecular weight excluding hydrogens is 328 g/mol. The van der Waals surface area contributed by atoms with Crippen molar-refractivity contribution in [1.82, 2.24) is 0 Å². The van der Waals surface area contributed by atoms with Crippen molar-refractivity contribution in [2.45, 2.75) is 19.8 Å². The Morgan fingerprint density at radius 2 is 1.48 bits per heavy atom. The van der Waals surface area contributed by atoms with E-state index in [0.717, 1.165) is 18.6 Å². The Morgan fingerprint density at radius 3 is 2.20 bits per heavy atom. The van der Waals surface area contributed by atoms with Gasteiger partial charge in [0.25, 0.3) is 0 Å². The largest absolute Gasteiger partial charge is 0.204 e. The lowest BCUT2D eigenvalue weighted by molar-refractivity contribution is 0.496. The second-order valence-corrected chi connectivity index (χ2v) is 5.73. The summed E-state index contributed by atoms with van der Waals surface area (Å²) in [5.74, 6) is 1.63. The van der Waals surface area contributed by atoms with E-state index >= 15 is 0 Å². The fourth-order valence-corrected chi connectivity index (χ4v) is 2.61. The molecule has 0 spiro atoms. The third kappa shape index (κ3) is 3.51. The van der Waals surface area contributed by atoms with Crippen molar-refractivity contribution >= 4 is 10.8 Å². The molecule has 0 N–H and O–H groups in total. The van der Waals surface area contributed by atoms with Crippen LogP contribution >= 0.6 is 0 Å². The van der Waals surface area contributed by atoms with Gasteiger partial charge in [0.2, 0.25) is 0 Å². The highest BCUT2D eigenvalue weighted by molar-refractivity contribution is 5.84. The van der Waals surface area contributed by atoms with Crippen molar-refractivity contribution in [2.24, 2.45) is 0 Å². The summed E-state index contributed by atoms with van der Waals surface area (Å²) < 4.78 is 54.6. The van der Waals surface area contributed by atoms with Gasteiger partial charge in [-0.15, -0.1) is 0 Å². The Labute approximate surface area is 143 Å². The summed E-state index contributed by atoms with van der Waals surface area (Å²) in [4.78, 5) is 0. The Kier molecular flexibility index (Phi) is 4.76. The zero-order chi connectivity index (χ0) is 18.0. The van der Waals surface area contributed by atoms with Gasteiger partial charge in [0.1, 0.15) is 0 Å². The lowest BCUT2D eigenvalue weighted by Gasteiger charge is -2.03. The lowest BCUT2D eigenvalue weighted by atomic mass is 10.0. The fourth-order valence-electron chi connectivity index (χ4n) is 2.61. The van der Waals surface area contributed by atoms with Gasteiger partial charge in [0.15, 0.2) is 23.3 Å².